The highest BCUT2D eigenvalue weighted by Crippen LogP contribution is 2.43. The monoisotopic (exact) mass is 235 g/mol. The Kier molecular flexibility index (Phi) is 3.82. The molecule has 0 heterocycles. The lowest BCUT2D eigenvalue weighted by atomic mass is 9.67. The molecule has 0 radical (unpaired) electrons. The van der Waals surface area contributed by atoms with Crippen LogP contribution < -0.4 is 5.32 Å². The predicted molar refractivity (Wildman–Crippen MR) is 69.4 cm³/mol. The maximum Gasteiger partial charge on any atom is 0.123 e. The number of rotatable bonds is 5. The third-order valence-corrected chi connectivity index (χ3v) is 4.29. The van der Waals surface area contributed by atoms with Crippen LogP contribution >= 0.6 is 0 Å². The molecule has 1 aromatic rings. The third-order valence-electron chi connectivity index (χ3n) is 4.29. The lowest BCUT2D eigenvalue weighted by molar-refractivity contribution is 0.124. The lowest BCUT2D eigenvalue weighted by Gasteiger charge is -2.41. The highest BCUT2D eigenvalue weighted by Gasteiger charge is 2.34. The summed E-state index contributed by atoms with van der Waals surface area (Å²) >= 11 is 0. The molecule has 0 amide bonds. The molecule has 94 valence electrons. The van der Waals surface area contributed by atoms with Gasteiger partial charge in [-0.15, -0.1) is 0 Å². The summed E-state index contributed by atoms with van der Waals surface area (Å²) in [5.41, 5.74) is 2.77. The zero-order valence-corrected chi connectivity index (χ0v) is 10.9. The molecule has 0 aliphatic heterocycles. The van der Waals surface area contributed by atoms with Crippen molar-refractivity contribution >= 4 is 0 Å². The van der Waals surface area contributed by atoms with Crippen molar-refractivity contribution in [2.75, 3.05) is 6.54 Å². The molecule has 1 nitrogen and oxygen atoms in total. The number of hydrogen-bond donors (Lipinski definition) is 1. The second-order valence-corrected chi connectivity index (χ2v) is 5.38. The molecule has 1 aliphatic carbocycles. The largest absolute Gasteiger partial charge is 0.312 e. The minimum atomic E-state index is -0.138. The predicted octanol–water partition coefficient (Wildman–Crippen LogP) is 3.80. The van der Waals surface area contributed by atoms with Crippen molar-refractivity contribution < 1.29 is 4.39 Å². The van der Waals surface area contributed by atoms with E-state index in [0.717, 1.165) is 24.2 Å². The standard InChI is InChI=1S/C15H22FN/c1-3-15(7-4-8-15)11-17-10-13-9-14(16)6-5-12(13)2/h5-6,9,17H,3-4,7-8,10-11H2,1-2H3. The number of halogens is 1. The van der Waals surface area contributed by atoms with Crippen LogP contribution in [-0.2, 0) is 6.54 Å². The fourth-order valence-electron chi connectivity index (χ4n) is 2.62. The van der Waals surface area contributed by atoms with Crippen LogP contribution in [0, 0.1) is 18.2 Å². The summed E-state index contributed by atoms with van der Waals surface area (Å²) in [6.07, 6.45) is 5.31. The van der Waals surface area contributed by atoms with E-state index in [-0.39, 0.29) is 5.82 Å². The van der Waals surface area contributed by atoms with Gasteiger partial charge < -0.3 is 5.32 Å². The Morgan fingerprint density at radius 1 is 1.35 bits per heavy atom. The fraction of sp³-hybridized carbons (Fsp3) is 0.600. The summed E-state index contributed by atoms with van der Waals surface area (Å²) < 4.78 is 13.1. The molecule has 0 unspecified atom stereocenters. The van der Waals surface area contributed by atoms with Gasteiger partial charge in [0.2, 0.25) is 0 Å². The van der Waals surface area contributed by atoms with Crippen molar-refractivity contribution in [3.63, 3.8) is 0 Å². The molecule has 0 spiro atoms. The van der Waals surface area contributed by atoms with Crippen LogP contribution in [0.4, 0.5) is 4.39 Å². The van der Waals surface area contributed by atoms with Gasteiger partial charge >= 0.3 is 0 Å². The molecule has 2 heteroatoms. The Morgan fingerprint density at radius 2 is 2.12 bits per heavy atom. The number of hydrogen-bond acceptors (Lipinski definition) is 1. The molecule has 1 aromatic carbocycles. The fourth-order valence-corrected chi connectivity index (χ4v) is 2.62. The zero-order chi connectivity index (χ0) is 12.3. The van der Waals surface area contributed by atoms with Gasteiger partial charge in [-0.1, -0.05) is 19.4 Å². The summed E-state index contributed by atoms with van der Waals surface area (Å²) in [5.74, 6) is -0.138. The van der Waals surface area contributed by atoms with Crippen LogP contribution in [0.25, 0.3) is 0 Å². The van der Waals surface area contributed by atoms with Gasteiger partial charge in [0.1, 0.15) is 5.82 Å². The van der Waals surface area contributed by atoms with Crippen LogP contribution in [0.3, 0.4) is 0 Å². The quantitative estimate of drug-likeness (QED) is 0.818. The van der Waals surface area contributed by atoms with E-state index in [1.54, 1.807) is 6.07 Å². The molecule has 0 bridgehead atoms. The van der Waals surface area contributed by atoms with E-state index in [1.165, 1.54) is 31.7 Å². The topological polar surface area (TPSA) is 12.0 Å². The molecule has 0 saturated heterocycles. The van der Waals surface area contributed by atoms with Crippen molar-refractivity contribution in [2.24, 2.45) is 5.41 Å². The first-order valence-electron chi connectivity index (χ1n) is 6.61. The maximum atomic E-state index is 13.1. The minimum absolute atomic E-state index is 0.138. The van der Waals surface area contributed by atoms with E-state index >= 15 is 0 Å². The molecule has 2 rings (SSSR count). The molecule has 1 N–H and O–H groups in total. The van der Waals surface area contributed by atoms with Gasteiger partial charge in [-0.05, 0) is 54.9 Å². The normalized spacial score (nSPS) is 17.8. The van der Waals surface area contributed by atoms with Gasteiger partial charge in [0.15, 0.2) is 0 Å². The Bertz CT molecular complexity index is 377. The Morgan fingerprint density at radius 3 is 2.71 bits per heavy atom. The van der Waals surface area contributed by atoms with E-state index in [4.69, 9.17) is 0 Å². The number of benzene rings is 1. The Balaban J connectivity index is 1.87. The maximum absolute atomic E-state index is 13.1. The number of aryl methyl sites for hydroxylation is 1. The van der Waals surface area contributed by atoms with Gasteiger partial charge in [0.25, 0.3) is 0 Å². The van der Waals surface area contributed by atoms with Crippen molar-refractivity contribution in [1.29, 1.82) is 0 Å². The second-order valence-electron chi connectivity index (χ2n) is 5.38. The van der Waals surface area contributed by atoms with Crippen LogP contribution in [0.15, 0.2) is 18.2 Å². The average molecular weight is 235 g/mol. The second kappa shape index (κ2) is 5.18. The molecule has 1 fully saturated rings. The first-order chi connectivity index (χ1) is 8.15. The van der Waals surface area contributed by atoms with E-state index in [0.29, 0.717) is 5.41 Å². The molecule has 0 atom stereocenters. The minimum Gasteiger partial charge on any atom is -0.312 e. The SMILES string of the molecule is CCC1(CNCc2cc(F)ccc2C)CCC1. The van der Waals surface area contributed by atoms with Gasteiger partial charge in [-0.3, -0.25) is 0 Å². The summed E-state index contributed by atoms with van der Waals surface area (Å²) in [5, 5.41) is 3.50. The molecule has 0 aromatic heterocycles. The molecule has 1 saturated carbocycles. The molecular formula is C15H22FN. The smallest absolute Gasteiger partial charge is 0.123 e. The molecule has 17 heavy (non-hydrogen) atoms. The van der Waals surface area contributed by atoms with E-state index < -0.39 is 0 Å². The van der Waals surface area contributed by atoms with Crippen LogP contribution in [0.5, 0.6) is 0 Å². The highest BCUT2D eigenvalue weighted by atomic mass is 19.1. The zero-order valence-electron chi connectivity index (χ0n) is 10.9. The van der Waals surface area contributed by atoms with Crippen molar-refractivity contribution in [1.82, 2.24) is 5.32 Å². The summed E-state index contributed by atoms with van der Waals surface area (Å²) in [7, 11) is 0. The summed E-state index contributed by atoms with van der Waals surface area (Å²) in [6.45, 7) is 6.16. The highest BCUT2D eigenvalue weighted by molar-refractivity contribution is 5.26. The first-order valence-corrected chi connectivity index (χ1v) is 6.61. The molecule has 1 aliphatic rings. The average Bonchev–Trinajstić information content (AvgIpc) is 2.27. The first kappa shape index (κ1) is 12.6. The van der Waals surface area contributed by atoms with Crippen molar-refractivity contribution in [3.05, 3.63) is 35.1 Å². The Labute approximate surface area is 103 Å². The van der Waals surface area contributed by atoms with E-state index in [9.17, 15) is 4.39 Å². The van der Waals surface area contributed by atoms with Crippen LogP contribution in [0.2, 0.25) is 0 Å². The third kappa shape index (κ3) is 2.86. The Hall–Kier alpha value is -0.890. The molecular weight excluding hydrogens is 213 g/mol. The van der Waals surface area contributed by atoms with Crippen LogP contribution in [-0.4, -0.2) is 6.54 Å². The van der Waals surface area contributed by atoms with Crippen molar-refractivity contribution in [3.8, 4) is 0 Å². The van der Waals surface area contributed by atoms with Gasteiger partial charge in [-0.25, -0.2) is 4.39 Å². The van der Waals surface area contributed by atoms with Gasteiger partial charge in [0.05, 0.1) is 0 Å². The van der Waals surface area contributed by atoms with Crippen LogP contribution in [0.1, 0.15) is 43.7 Å². The lowest BCUT2D eigenvalue weighted by Crippen LogP contribution is -2.39. The van der Waals surface area contributed by atoms with Gasteiger partial charge in [-0.2, -0.15) is 0 Å². The van der Waals surface area contributed by atoms with E-state index in [2.05, 4.69) is 12.2 Å². The van der Waals surface area contributed by atoms with Crippen molar-refractivity contribution in [2.45, 2.75) is 46.1 Å². The summed E-state index contributed by atoms with van der Waals surface area (Å²) in [6, 6.07) is 5.02. The summed E-state index contributed by atoms with van der Waals surface area (Å²) in [4.78, 5) is 0. The van der Waals surface area contributed by atoms with Gasteiger partial charge in [0, 0.05) is 13.1 Å². The van der Waals surface area contributed by atoms with E-state index in [1.807, 2.05) is 13.0 Å². The number of nitrogens with one attached hydrogen (secondary N) is 1.